The molecule has 0 saturated carbocycles. The van der Waals surface area contributed by atoms with Crippen LogP contribution in [0.5, 0.6) is 0 Å². The number of fused-ring (bicyclic) bond motifs is 1. The topological polar surface area (TPSA) is 72.5 Å². The standard InChI is InChI=1S/C21H23NO4S/c1-3-14-7-8-18-16(9-14)11-19(27-18)21(25)26-12-20(24)22-17-6-4-5-15(10-17)13(2)23/h4-6,10-11,14H,3,7-9,12H2,1-2H3,(H,22,24)/t14-/m0/s1. The van der Waals surface area contributed by atoms with Crippen molar-refractivity contribution in [1.29, 1.82) is 0 Å². The lowest BCUT2D eigenvalue weighted by Crippen LogP contribution is -2.20. The van der Waals surface area contributed by atoms with Crippen molar-refractivity contribution < 1.29 is 19.1 Å². The lowest BCUT2D eigenvalue weighted by Gasteiger charge is -2.19. The third-order valence-electron chi connectivity index (χ3n) is 4.85. The smallest absolute Gasteiger partial charge is 0.348 e. The molecule has 142 valence electrons. The van der Waals surface area contributed by atoms with Crippen molar-refractivity contribution in [1.82, 2.24) is 0 Å². The van der Waals surface area contributed by atoms with Gasteiger partial charge >= 0.3 is 5.97 Å². The molecule has 1 N–H and O–H groups in total. The van der Waals surface area contributed by atoms with Crippen molar-refractivity contribution >= 4 is 34.7 Å². The molecule has 1 aromatic carbocycles. The fourth-order valence-corrected chi connectivity index (χ4v) is 4.37. The van der Waals surface area contributed by atoms with Gasteiger partial charge in [0.15, 0.2) is 12.4 Å². The zero-order valence-corrected chi connectivity index (χ0v) is 16.4. The minimum absolute atomic E-state index is 0.0792. The van der Waals surface area contributed by atoms with Gasteiger partial charge < -0.3 is 10.1 Å². The fourth-order valence-electron chi connectivity index (χ4n) is 3.26. The van der Waals surface area contributed by atoms with Crippen LogP contribution in [-0.2, 0) is 22.4 Å². The molecule has 0 spiro atoms. The number of anilines is 1. The number of carbonyl (C=O) groups is 3. The highest BCUT2D eigenvalue weighted by Crippen LogP contribution is 2.33. The fraction of sp³-hybridized carbons (Fsp3) is 0.381. The first-order valence-corrected chi connectivity index (χ1v) is 9.97. The normalized spacial score (nSPS) is 15.7. The third kappa shape index (κ3) is 4.83. The number of hydrogen-bond acceptors (Lipinski definition) is 5. The number of esters is 1. The van der Waals surface area contributed by atoms with Gasteiger partial charge in [-0.15, -0.1) is 11.3 Å². The summed E-state index contributed by atoms with van der Waals surface area (Å²) in [4.78, 5) is 37.5. The van der Waals surface area contributed by atoms with E-state index in [0.29, 0.717) is 22.0 Å². The molecule has 0 aliphatic heterocycles. The Kier molecular flexibility index (Phi) is 6.06. The second kappa shape index (κ2) is 8.48. The predicted octanol–water partition coefficient (Wildman–Crippen LogP) is 4.26. The Morgan fingerprint density at radius 3 is 2.81 bits per heavy atom. The molecule has 1 heterocycles. The van der Waals surface area contributed by atoms with Crippen LogP contribution in [0.1, 0.15) is 57.2 Å². The molecule has 1 amide bonds. The van der Waals surface area contributed by atoms with Crippen LogP contribution in [0.15, 0.2) is 30.3 Å². The SMILES string of the molecule is CC[C@H]1CCc2sc(C(=O)OCC(=O)Nc3cccc(C(C)=O)c3)cc2C1. The molecule has 2 aromatic rings. The number of rotatable bonds is 6. The summed E-state index contributed by atoms with van der Waals surface area (Å²) in [5.74, 6) is -0.288. The first-order valence-electron chi connectivity index (χ1n) is 9.15. The van der Waals surface area contributed by atoms with Crippen LogP contribution in [0.2, 0.25) is 0 Å². The van der Waals surface area contributed by atoms with Crippen LogP contribution in [0.25, 0.3) is 0 Å². The van der Waals surface area contributed by atoms with Gasteiger partial charge in [0.2, 0.25) is 0 Å². The van der Waals surface area contributed by atoms with Gasteiger partial charge in [-0.05, 0) is 55.9 Å². The summed E-state index contributed by atoms with van der Waals surface area (Å²) in [6.07, 6.45) is 4.35. The van der Waals surface area contributed by atoms with Crippen molar-refractivity contribution in [3.63, 3.8) is 0 Å². The van der Waals surface area contributed by atoms with Gasteiger partial charge in [-0.3, -0.25) is 9.59 Å². The van der Waals surface area contributed by atoms with E-state index < -0.39 is 11.9 Å². The summed E-state index contributed by atoms with van der Waals surface area (Å²) in [6, 6.07) is 8.57. The average Bonchev–Trinajstić information content (AvgIpc) is 3.09. The monoisotopic (exact) mass is 385 g/mol. The van der Waals surface area contributed by atoms with Crippen LogP contribution in [0.3, 0.4) is 0 Å². The van der Waals surface area contributed by atoms with E-state index in [9.17, 15) is 14.4 Å². The van der Waals surface area contributed by atoms with E-state index in [1.54, 1.807) is 24.3 Å². The lowest BCUT2D eigenvalue weighted by atomic mass is 9.87. The molecule has 1 aliphatic rings. The molecular weight excluding hydrogens is 362 g/mol. The molecule has 1 atom stereocenters. The van der Waals surface area contributed by atoms with Crippen molar-refractivity contribution in [2.45, 2.75) is 39.5 Å². The molecule has 0 radical (unpaired) electrons. The van der Waals surface area contributed by atoms with E-state index in [1.807, 2.05) is 6.07 Å². The average molecular weight is 385 g/mol. The number of amides is 1. The summed E-state index contributed by atoms with van der Waals surface area (Å²) in [7, 11) is 0. The number of aryl methyl sites for hydroxylation is 1. The summed E-state index contributed by atoms with van der Waals surface area (Å²) >= 11 is 1.47. The Labute approximate surface area is 162 Å². The molecular formula is C21H23NO4S. The van der Waals surface area contributed by atoms with E-state index >= 15 is 0 Å². The Morgan fingerprint density at radius 1 is 1.26 bits per heavy atom. The van der Waals surface area contributed by atoms with E-state index in [4.69, 9.17) is 4.74 Å². The summed E-state index contributed by atoms with van der Waals surface area (Å²) in [6.45, 7) is 3.30. The first kappa shape index (κ1) is 19.3. The van der Waals surface area contributed by atoms with E-state index in [2.05, 4.69) is 12.2 Å². The number of ether oxygens (including phenoxy) is 1. The minimum atomic E-state index is -0.463. The van der Waals surface area contributed by atoms with Gasteiger partial charge in [-0.1, -0.05) is 25.5 Å². The predicted molar refractivity (Wildman–Crippen MR) is 105 cm³/mol. The van der Waals surface area contributed by atoms with Crippen LogP contribution >= 0.6 is 11.3 Å². The molecule has 0 unspecified atom stereocenters. The van der Waals surface area contributed by atoms with Gasteiger partial charge in [-0.2, -0.15) is 0 Å². The highest BCUT2D eigenvalue weighted by molar-refractivity contribution is 7.14. The number of Topliss-reactive ketones (excluding diaryl/α,β-unsaturated/α-hetero) is 1. The lowest BCUT2D eigenvalue weighted by molar-refractivity contribution is -0.119. The molecule has 0 saturated heterocycles. The van der Waals surface area contributed by atoms with Gasteiger partial charge in [0.25, 0.3) is 5.91 Å². The molecule has 1 aliphatic carbocycles. The van der Waals surface area contributed by atoms with Gasteiger partial charge in [-0.25, -0.2) is 4.79 Å². The number of carbonyl (C=O) groups excluding carboxylic acids is 3. The van der Waals surface area contributed by atoms with Crippen LogP contribution < -0.4 is 5.32 Å². The number of benzene rings is 1. The van der Waals surface area contributed by atoms with Crippen LogP contribution in [0, 0.1) is 5.92 Å². The molecule has 5 nitrogen and oxygen atoms in total. The largest absolute Gasteiger partial charge is 0.451 e. The maximum absolute atomic E-state index is 12.3. The Balaban J connectivity index is 1.55. The van der Waals surface area contributed by atoms with E-state index in [-0.39, 0.29) is 12.4 Å². The summed E-state index contributed by atoms with van der Waals surface area (Å²) < 4.78 is 5.16. The number of hydrogen-bond donors (Lipinski definition) is 1. The third-order valence-corrected chi connectivity index (χ3v) is 6.07. The molecule has 6 heteroatoms. The zero-order valence-electron chi connectivity index (χ0n) is 15.5. The quantitative estimate of drug-likeness (QED) is 0.596. The number of thiophene rings is 1. The first-order chi connectivity index (χ1) is 13.0. The maximum atomic E-state index is 12.3. The number of ketones is 1. The Bertz CT molecular complexity index is 871. The molecule has 27 heavy (non-hydrogen) atoms. The molecule has 0 fully saturated rings. The van der Waals surface area contributed by atoms with Gasteiger partial charge in [0, 0.05) is 16.1 Å². The van der Waals surface area contributed by atoms with Crippen molar-refractivity contribution in [3.05, 3.63) is 51.2 Å². The Hall–Kier alpha value is -2.47. The number of nitrogens with one attached hydrogen (secondary N) is 1. The van der Waals surface area contributed by atoms with Crippen LogP contribution in [-0.4, -0.2) is 24.3 Å². The van der Waals surface area contributed by atoms with Crippen LogP contribution in [0.4, 0.5) is 5.69 Å². The second-order valence-corrected chi connectivity index (χ2v) is 7.97. The summed E-state index contributed by atoms with van der Waals surface area (Å²) in [5, 5.41) is 2.64. The highest BCUT2D eigenvalue weighted by atomic mass is 32.1. The molecule has 0 bridgehead atoms. The van der Waals surface area contributed by atoms with Crippen molar-refractivity contribution in [3.8, 4) is 0 Å². The van der Waals surface area contributed by atoms with Crippen molar-refractivity contribution in [2.24, 2.45) is 5.92 Å². The van der Waals surface area contributed by atoms with E-state index in [1.165, 1.54) is 35.1 Å². The van der Waals surface area contributed by atoms with E-state index in [0.717, 1.165) is 19.3 Å². The highest BCUT2D eigenvalue weighted by Gasteiger charge is 2.23. The maximum Gasteiger partial charge on any atom is 0.348 e. The van der Waals surface area contributed by atoms with Gasteiger partial charge in [0.05, 0.1) is 0 Å². The minimum Gasteiger partial charge on any atom is -0.451 e. The zero-order chi connectivity index (χ0) is 19.4. The van der Waals surface area contributed by atoms with Gasteiger partial charge in [0.1, 0.15) is 4.88 Å². The Morgan fingerprint density at radius 2 is 2.07 bits per heavy atom. The molecule has 1 aromatic heterocycles. The second-order valence-electron chi connectivity index (χ2n) is 6.84. The van der Waals surface area contributed by atoms with Crippen molar-refractivity contribution in [2.75, 3.05) is 11.9 Å². The summed E-state index contributed by atoms with van der Waals surface area (Å²) in [5.41, 5.74) is 2.26. The molecule has 3 rings (SSSR count).